The number of hydrogen-bond acceptors (Lipinski definition) is 6. The van der Waals surface area contributed by atoms with Gasteiger partial charge in [0.2, 0.25) is 5.91 Å². The number of nitriles is 1. The Morgan fingerprint density at radius 1 is 1.14 bits per heavy atom. The van der Waals surface area contributed by atoms with Gasteiger partial charge in [0.25, 0.3) is 5.91 Å². The number of nitrogens with zero attached hydrogens (tertiary/aromatic N) is 2. The number of rotatable bonds is 6. The van der Waals surface area contributed by atoms with Crippen molar-refractivity contribution in [1.82, 2.24) is 15.8 Å². The van der Waals surface area contributed by atoms with Crippen LogP contribution in [0.25, 0.3) is 0 Å². The third kappa shape index (κ3) is 5.87. The largest absolute Gasteiger partial charge is 0.484 e. The van der Waals surface area contributed by atoms with Gasteiger partial charge in [0, 0.05) is 10.7 Å². The number of aryl methyl sites for hydroxylation is 1. The molecule has 0 bridgehead atoms. The molecule has 0 aliphatic rings. The molecule has 0 fully saturated rings. The summed E-state index contributed by atoms with van der Waals surface area (Å²) in [6.45, 7) is 5.36. The second-order valence-electron chi connectivity index (χ2n) is 5.87. The van der Waals surface area contributed by atoms with Gasteiger partial charge in [-0.15, -0.1) is 0 Å². The van der Waals surface area contributed by atoms with Crippen LogP contribution in [0.3, 0.4) is 0 Å². The van der Waals surface area contributed by atoms with E-state index in [1.165, 1.54) is 0 Å². The van der Waals surface area contributed by atoms with Crippen molar-refractivity contribution in [3.05, 3.63) is 51.7 Å². The quantitative estimate of drug-likeness (QED) is 0.552. The summed E-state index contributed by atoms with van der Waals surface area (Å²) >= 11 is 6.91. The Bertz CT molecular complexity index is 926. The number of carbonyl (C=O) groups is 2. The molecule has 1 heterocycles. The van der Waals surface area contributed by atoms with Crippen LogP contribution in [0, 0.1) is 32.1 Å². The first-order chi connectivity index (χ1) is 13.3. The molecule has 2 N–H and O–H groups in total. The molecular weight excluding hydrogens is 400 g/mol. The number of hydrazine groups is 1. The van der Waals surface area contributed by atoms with Crippen molar-refractivity contribution in [3.63, 3.8) is 0 Å². The van der Waals surface area contributed by atoms with Gasteiger partial charge in [-0.25, -0.2) is 4.98 Å². The van der Waals surface area contributed by atoms with Crippen LogP contribution in [-0.2, 0) is 9.59 Å². The summed E-state index contributed by atoms with van der Waals surface area (Å²) in [5, 5.41) is 10.4. The first-order valence-corrected chi connectivity index (χ1v) is 9.65. The third-order valence-corrected chi connectivity index (χ3v) is 5.17. The molecule has 1 aromatic heterocycles. The molecule has 0 saturated carbocycles. The first-order valence-electron chi connectivity index (χ1n) is 8.28. The topological polar surface area (TPSA) is 104 Å². The lowest BCUT2D eigenvalue weighted by molar-refractivity contribution is -0.128. The van der Waals surface area contributed by atoms with Gasteiger partial charge in [0.05, 0.1) is 11.3 Å². The van der Waals surface area contributed by atoms with Crippen molar-refractivity contribution >= 4 is 35.2 Å². The van der Waals surface area contributed by atoms with E-state index in [2.05, 4.69) is 21.9 Å². The van der Waals surface area contributed by atoms with Gasteiger partial charge < -0.3 is 4.74 Å². The Labute approximate surface area is 172 Å². The van der Waals surface area contributed by atoms with Crippen LogP contribution < -0.4 is 15.6 Å². The lowest BCUT2D eigenvalue weighted by Gasteiger charge is -2.11. The van der Waals surface area contributed by atoms with Crippen molar-refractivity contribution in [3.8, 4) is 11.8 Å². The maximum absolute atomic E-state index is 12.0. The summed E-state index contributed by atoms with van der Waals surface area (Å²) < 4.78 is 5.28. The molecular formula is C19H19ClN4O3S. The zero-order chi connectivity index (χ0) is 20.7. The van der Waals surface area contributed by atoms with E-state index in [1.807, 2.05) is 20.8 Å². The Hall–Kier alpha value is -2.76. The fraction of sp³-hybridized carbons (Fsp3) is 0.263. The normalized spacial score (nSPS) is 10.1. The summed E-state index contributed by atoms with van der Waals surface area (Å²) in [4.78, 5) is 28.1. The highest BCUT2D eigenvalue weighted by atomic mass is 35.5. The van der Waals surface area contributed by atoms with E-state index in [-0.39, 0.29) is 12.4 Å². The standard InChI is InChI=1S/C19H19ClN4O3S/c1-11-12(2)16(8-21)19(22-13(11)3)28-10-18(26)24-23-17(25)9-27-15-6-4-14(20)5-7-15/h4-7H,9-10H2,1-3H3,(H,23,25)(H,24,26). The highest BCUT2D eigenvalue weighted by molar-refractivity contribution is 8.00. The fourth-order valence-electron chi connectivity index (χ4n) is 2.17. The monoisotopic (exact) mass is 418 g/mol. The van der Waals surface area contributed by atoms with Crippen LogP contribution in [-0.4, -0.2) is 29.2 Å². The van der Waals surface area contributed by atoms with Crippen molar-refractivity contribution in [2.24, 2.45) is 0 Å². The van der Waals surface area contributed by atoms with Crippen molar-refractivity contribution in [2.75, 3.05) is 12.4 Å². The fourth-order valence-corrected chi connectivity index (χ4v) is 3.18. The highest BCUT2D eigenvalue weighted by Crippen LogP contribution is 2.26. The Morgan fingerprint density at radius 3 is 2.43 bits per heavy atom. The molecule has 1 aromatic carbocycles. The molecule has 0 saturated heterocycles. The lowest BCUT2D eigenvalue weighted by atomic mass is 10.1. The maximum Gasteiger partial charge on any atom is 0.276 e. The van der Waals surface area contributed by atoms with Crippen LogP contribution in [0.15, 0.2) is 29.3 Å². The Balaban J connectivity index is 1.81. The van der Waals surface area contributed by atoms with Crippen LogP contribution >= 0.6 is 23.4 Å². The van der Waals surface area contributed by atoms with Gasteiger partial charge in [0.15, 0.2) is 6.61 Å². The molecule has 0 radical (unpaired) electrons. The molecule has 2 aromatic rings. The van der Waals surface area contributed by atoms with E-state index in [4.69, 9.17) is 16.3 Å². The predicted octanol–water partition coefficient (Wildman–Crippen LogP) is 2.85. The summed E-state index contributed by atoms with van der Waals surface area (Å²) in [5.74, 6) is -0.443. The Morgan fingerprint density at radius 2 is 1.79 bits per heavy atom. The summed E-state index contributed by atoms with van der Waals surface area (Å²) in [6, 6.07) is 8.69. The molecule has 0 aliphatic carbocycles. The first kappa shape index (κ1) is 21.5. The van der Waals surface area contributed by atoms with Gasteiger partial charge >= 0.3 is 0 Å². The van der Waals surface area contributed by atoms with Crippen LogP contribution in [0.4, 0.5) is 0 Å². The second kappa shape index (κ2) is 9.97. The molecule has 146 valence electrons. The third-order valence-electron chi connectivity index (χ3n) is 3.94. The van der Waals surface area contributed by atoms with Gasteiger partial charge in [0.1, 0.15) is 16.8 Å². The molecule has 9 heteroatoms. The minimum absolute atomic E-state index is 0.00193. The number of benzene rings is 1. The van der Waals surface area contributed by atoms with E-state index in [0.29, 0.717) is 21.4 Å². The van der Waals surface area contributed by atoms with Gasteiger partial charge in [-0.2, -0.15) is 5.26 Å². The molecule has 7 nitrogen and oxygen atoms in total. The zero-order valence-electron chi connectivity index (χ0n) is 15.6. The van der Waals surface area contributed by atoms with Gasteiger partial charge in [-0.05, 0) is 56.2 Å². The van der Waals surface area contributed by atoms with Gasteiger partial charge in [-0.1, -0.05) is 23.4 Å². The van der Waals surface area contributed by atoms with E-state index in [1.54, 1.807) is 24.3 Å². The number of ether oxygens (including phenoxy) is 1. The molecule has 0 unspecified atom stereocenters. The molecule has 0 atom stereocenters. The SMILES string of the molecule is Cc1nc(SCC(=O)NNC(=O)COc2ccc(Cl)cc2)c(C#N)c(C)c1C. The van der Waals surface area contributed by atoms with E-state index >= 15 is 0 Å². The smallest absolute Gasteiger partial charge is 0.276 e. The van der Waals surface area contributed by atoms with Gasteiger partial charge in [-0.3, -0.25) is 20.4 Å². The highest BCUT2D eigenvalue weighted by Gasteiger charge is 2.14. The number of thioether (sulfide) groups is 1. The number of carbonyl (C=O) groups excluding carboxylic acids is 2. The van der Waals surface area contributed by atoms with Crippen molar-refractivity contribution < 1.29 is 14.3 Å². The molecule has 2 rings (SSSR count). The van der Waals surface area contributed by atoms with Crippen LogP contribution in [0.1, 0.15) is 22.4 Å². The number of nitrogens with one attached hydrogen (secondary N) is 2. The average Bonchev–Trinajstić information content (AvgIpc) is 2.68. The van der Waals surface area contributed by atoms with Crippen LogP contribution in [0.5, 0.6) is 5.75 Å². The number of hydrogen-bond donors (Lipinski definition) is 2. The minimum Gasteiger partial charge on any atom is -0.484 e. The predicted molar refractivity (Wildman–Crippen MR) is 107 cm³/mol. The number of aromatic nitrogens is 1. The lowest BCUT2D eigenvalue weighted by Crippen LogP contribution is -2.44. The number of amides is 2. The number of pyridine rings is 1. The second-order valence-corrected chi connectivity index (χ2v) is 7.27. The van der Waals surface area contributed by atoms with E-state index in [9.17, 15) is 14.9 Å². The van der Waals surface area contributed by atoms with Crippen molar-refractivity contribution in [2.45, 2.75) is 25.8 Å². The van der Waals surface area contributed by atoms with E-state index < -0.39 is 11.8 Å². The van der Waals surface area contributed by atoms with Crippen molar-refractivity contribution in [1.29, 1.82) is 5.26 Å². The summed E-state index contributed by atoms with van der Waals surface area (Å²) in [5.41, 5.74) is 7.66. The maximum atomic E-state index is 12.0. The zero-order valence-corrected chi connectivity index (χ0v) is 17.2. The molecule has 0 spiro atoms. The molecule has 0 aliphatic heterocycles. The average molecular weight is 419 g/mol. The Kier molecular flexibility index (Phi) is 7.67. The summed E-state index contributed by atoms with van der Waals surface area (Å²) in [7, 11) is 0. The molecule has 28 heavy (non-hydrogen) atoms. The van der Waals surface area contributed by atoms with E-state index in [0.717, 1.165) is 28.6 Å². The molecule has 2 amide bonds. The minimum atomic E-state index is -0.508. The summed E-state index contributed by atoms with van der Waals surface area (Å²) in [6.07, 6.45) is 0. The van der Waals surface area contributed by atoms with Crippen LogP contribution in [0.2, 0.25) is 5.02 Å². The number of halogens is 1.